The summed E-state index contributed by atoms with van der Waals surface area (Å²) in [5.41, 5.74) is 0.350. The van der Waals surface area contributed by atoms with E-state index in [2.05, 4.69) is 31.8 Å². The third-order valence-corrected chi connectivity index (χ3v) is 2.38. The van der Waals surface area contributed by atoms with Gasteiger partial charge in [0.15, 0.2) is 0 Å². The molecule has 0 saturated heterocycles. The van der Waals surface area contributed by atoms with E-state index in [0.29, 0.717) is 12.8 Å². The summed E-state index contributed by atoms with van der Waals surface area (Å²) in [6.07, 6.45) is 5.80. The van der Waals surface area contributed by atoms with Gasteiger partial charge in [-0.25, -0.2) is 0 Å². The molecular weight excluding hydrogens is 212 g/mol. The van der Waals surface area contributed by atoms with Crippen LogP contribution in [0.5, 0.6) is 0 Å². The van der Waals surface area contributed by atoms with Crippen molar-refractivity contribution in [1.29, 1.82) is 0 Å². The van der Waals surface area contributed by atoms with Gasteiger partial charge >= 0.3 is 0 Å². The summed E-state index contributed by atoms with van der Waals surface area (Å²) in [4.78, 5) is 0. The number of hydrogen-bond donors (Lipinski definition) is 1. The van der Waals surface area contributed by atoms with E-state index in [1.807, 2.05) is 12.1 Å². The lowest BCUT2D eigenvalue weighted by Crippen LogP contribution is -2.20. The van der Waals surface area contributed by atoms with Crippen LogP contribution in [0.2, 0.25) is 0 Å². The summed E-state index contributed by atoms with van der Waals surface area (Å²) in [7, 11) is 0. The smallest absolute Gasteiger partial charge is 0.123 e. The minimum Gasteiger partial charge on any atom is -0.468 e. The van der Waals surface area contributed by atoms with Crippen LogP contribution >= 0.6 is 0 Å². The van der Waals surface area contributed by atoms with Crippen LogP contribution in [0.3, 0.4) is 0 Å². The molecule has 1 unspecified atom stereocenters. The van der Waals surface area contributed by atoms with E-state index in [4.69, 9.17) is 4.42 Å². The molecule has 0 radical (unpaired) electrons. The summed E-state index contributed by atoms with van der Waals surface area (Å²) in [5, 5.41) is 10.0. The van der Waals surface area contributed by atoms with Gasteiger partial charge in [-0.05, 0) is 45.7 Å². The van der Waals surface area contributed by atoms with E-state index in [9.17, 15) is 5.11 Å². The highest BCUT2D eigenvalue weighted by Gasteiger charge is 2.14. The van der Waals surface area contributed by atoms with Crippen LogP contribution in [0, 0.1) is 11.8 Å². The molecule has 17 heavy (non-hydrogen) atoms. The van der Waals surface area contributed by atoms with Gasteiger partial charge in [0.05, 0.1) is 12.7 Å². The van der Waals surface area contributed by atoms with E-state index in [1.54, 1.807) is 13.2 Å². The van der Waals surface area contributed by atoms with Crippen molar-refractivity contribution in [3.05, 3.63) is 35.8 Å². The Morgan fingerprint density at radius 1 is 1.53 bits per heavy atom. The quantitative estimate of drug-likeness (QED) is 0.638. The molecule has 1 N–H and O–H groups in total. The van der Waals surface area contributed by atoms with Crippen LogP contribution < -0.4 is 0 Å². The molecule has 0 spiro atoms. The molecule has 1 heterocycles. The monoisotopic (exact) mass is 232 g/mol. The van der Waals surface area contributed by atoms with Gasteiger partial charge in [-0.15, -0.1) is 0 Å². The molecule has 92 valence electrons. The maximum atomic E-state index is 10.0. The minimum atomic E-state index is -0.918. The summed E-state index contributed by atoms with van der Waals surface area (Å²) < 4.78 is 5.17. The van der Waals surface area contributed by atoms with Gasteiger partial charge < -0.3 is 9.52 Å². The third-order valence-electron chi connectivity index (χ3n) is 2.38. The second kappa shape index (κ2) is 6.32. The lowest BCUT2D eigenvalue weighted by Gasteiger charge is -2.14. The molecule has 0 bridgehead atoms. The van der Waals surface area contributed by atoms with Gasteiger partial charge in [0.25, 0.3) is 0 Å². The zero-order valence-electron chi connectivity index (χ0n) is 10.8. The maximum absolute atomic E-state index is 10.0. The van der Waals surface area contributed by atoms with E-state index in [1.165, 1.54) is 5.57 Å². The van der Waals surface area contributed by atoms with Crippen molar-refractivity contribution < 1.29 is 9.52 Å². The molecule has 0 aromatic carbocycles. The Morgan fingerprint density at radius 3 is 2.88 bits per heavy atom. The first-order chi connectivity index (χ1) is 7.99. The zero-order valence-corrected chi connectivity index (χ0v) is 10.8. The van der Waals surface area contributed by atoms with Crippen LogP contribution in [0.4, 0.5) is 0 Å². The highest BCUT2D eigenvalue weighted by Crippen LogP contribution is 2.12. The van der Waals surface area contributed by atoms with Crippen LogP contribution in [0.1, 0.15) is 39.4 Å². The SMILES string of the molecule is CC(C)=CCCC(C)(O)C#CCc1ccco1. The Labute approximate surface area is 103 Å². The molecule has 0 amide bonds. The summed E-state index contributed by atoms with van der Waals surface area (Å²) in [5.74, 6) is 6.67. The molecule has 0 aliphatic carbocycles. The second-order valence-corrected chi connectivity index (χ2v) is 4.65. The van der Waals surface area contributed by atoms with Crippen molar-refractivity contribution in [3.63, 3.8) is 0 Å². The Morgan fingerprint density at radius 2 is 2.29 bits per heavy atom. The number of hydrogen-bond acceptors (Lipinski definition) is 2. The molecule has 1 aromatic heterocycles. The van der Waals surface area contributed by atoms with Crippen LogP contribution in [-0.2, 0) is 6.42 Å². The molecule has 0 saturated carbocycles. The Bertz CT molecular complexity index is 410. The van der Waals surface area contributed by atoms with Crippen molar-refractivity contribution in [2.24, 2.45) is 0 Å². The Kier molecular flexibility index (Phi) is 5.06. The largest absolute Gasteiger partial charge is 0.468 e. The Hall–Kier alpha value is -1.46. The van der Waals surface area contributed by atoms with E-state index >= 15 is 0 Å². The fraction of sp³-hybridized carbons (Fsp3) is 0.467. The number of aliphatic hydroxyl groups is 1. The molecule has 0 aliphatic rings. The van der Waals surface area contributed by atoms with Crippen molar-refractivity contribution in [1.82, 2.24) is 0 Å². The van der Waals surface area contributed by atoms with Crippen molar-refractivity contribution in [2.45, 2.75) is 45.6 Å². The fourth-order valence-electron chi connectivity index (χ4n) is 1.44. The predicted molar refractivity (Wildman–Crippen MR) is 69.5 cm³/mol. The van der Waals surface area contributed by atoms with E-state index in [0.717, 1.165) is 12.2 Å². The molecule has 1 rings (SSSR count). The second-order valence-electron chi connectivity index (χ2n) is 4.65. The maximum Gasteiger partial charge on any atom is 0.123 e. The van der Waals surface area contributed by atoms with Crippen molar-refractivity contribution in [2.75, 3.05) is 0 Å². The van der Waals surface area contributed by atoms with Gasteiger partial charge in [0.2, 0.25) is 0 Å². The standard InChI is InChI=1S/C15H20O2/c1-13(2)7-4-10-15(3,16)11-5-8-14-9-6-12-17-14/h6-7,9,12,16H,4,8,10H2,1-3H3. The van der Waals surface area contributed by atoms with Gasteiger partial charge in [-0.2, -0.15) is 0 Å². The molecular formula is C15H20O2. The first-order valence-corrected chi connectivity index (χ1v) is 5.88. The van der Waals surface area contributed by atoms with Gasteiger partial charge in [-0.3, -0.25) is 0 Å². The van der Waals surface area contributed by atoms with Crippen molar-refractivity contribution in [3.8, 4) is 11.8 Å². The minimum absolute atomic E-state index is 0.547. The van der Waals surface area contributed by atoms with Gasteiger partial charge in [0.1, 0.15) is 11.4 Å². The molecule has 2 nitrogen and oxygen atoms in total. The third kappa shape index (κ3) is 5.99. The van der Waals surface area contributed by atoms with Gasteiger partial charge in [0, 0.05) is 0 Å². The van der Waals surface area contributed by atoms with E-state index in [-0.39, 0.29) is 0 Å². The first kappa shape index (κ1) is 13.6. The van der Waals surface area contributed by atoms with Crippen LogP contribution in [0.15, 0.2) is 34.5 Å². The van der Waals surface area contributed by atoms with Gasteiger partial charge in [-0.1, -0.05) is 23.5 Å². The molecule has 1 atom stereocenters. The summed E-state index contributed by atoms with van der Waals surface area (Å²) in [6, 6.07) is 3.72. The summed E-state index contributed by atoms with van der Waals surface area (Å²) >= 11 is 0. The number of rotatable bonds is 4. The lowest BCUT2D eigenvalue weighted by molar-refractivity contribution is 0.113. The first-order valence-electron chi connectivity index (χ1n) is 5.88. The fourth-order valence-corrected chi connectivity index (χ4v) is 1.44. The van der Waals surface area contributed by atoms with Crippen molar-refractivity contribution >= 4 is 0 Å². The highest BCUT2D eigenvalue weighted by atomic mass is 16.3. The van der Waals surface area contributed by atoms with E-state index < -0.39 is 5.60 Å². The molecule has 0 aliphatic heterocycles. The number of allylic oxidation sites excluding steroid dienone is 2. The molecule has 2 heteroatoms. The van der Waals surface area contributed by atoms with Crippen LogP contribution in [0.25, 0.3) is 0 Å². The predicted octanol–water partition coefficient (Wildman–Crippen LogP) is 3.32. The van der Waals surface area contributed by atoms with Crippen LogP contribution in [-0.4, -0.2) is 10.7 Å². The summed E-state index contributed by atoms with van der Waals surface area (Å²) in [6.45, 7) is 5.86. The highest BCUT2D eigenvalue weighted by molar-refractivity contribution is 5.17. The molecule has 0 fully saturated rings. The zero-order chi connectivity index (χ0) is 12.7. The normalized spacial score (nSPS) is 13.4. The topological polar surface area (TPSA) is 33.4 Å². The lowest BCUT2D eigenvalue weighted by atomic mass is 10.00. The molecule has 1 aromatic rings. The Balaban J connectivity index is 2.43. The average Bonchev–Trinajstić information content (AvgIpc) is 2.69. The average molecular weight is 232 g/mol. The number of furan rings is 1.